The van der Waals surface area contributed by atoms with E-state index in [1.54, 1.807) is 25.3 Å². The number of nitrogens with one attached hydrogen (secondary N) is 1. The summed E-state index contributed by atoms with van der Waals surface area (Å²) < 4.78 is 11.0. The van der Waals surface area contributed by atoms with Gasteiger partial charge in [-0.3, -0.25) is 4.79 Å². The number of carbonyl (C=O) groups excluding carboxylic acids is 1. The van der Waals surface area contributed by atoms with E-state index < -0.39 is 0 Å². The molecule has 1 aliphatic rings. The Morgan fingerprint density at radius 3 is 2.65 bits per heavy atom. The first-order valence-electron chi connectivity index (χ1n) is 7.51. The molecule has 8 heteroatoms. The molecule has 1 aliphatic heterocycles. The molecule has 0 aliphatic carbocycles. The van der Waals surface area contributed by atoms with Gasteiger partial charge in [-0.15, -0.1) is 0 Å². The highest BCUT2D eigenvalue weighted by atomic mass is 79.9. The van der Waals surface area contributed by atoms with E-state index in [-0.39, 0.29) is 11.7 Å². The number of para-hydroxylation sites is 2. The summed E-state index contributed by atoms with van der Waals surface area (Å²) in [6.45, 7) is 0. The molecule has 0 radical (unpaired) electrons. The summed E-state index contributed by atoms with van der Waals surface area (Å²) in [6, 6.07) is 10.5. The first kappa shape index (κ1) is 18.3. The van der Waals surface area contributed by atoms with Crippen molar-refractivity contribution in [2.45, 2.75) is 0 Å². The third-order valence-electron chi connectivity index (χ3n) is 3.54. The van der Waals surface area contributed by atoms with Gasteiger partial charge < -0.3 is 19.9 Å². The fraction of sp³-hybridized carbons (Fsp3) is 0.111. The molecular formula is C18H15BrN2O4S. The summed E-state index contributed by atoms with van der Waals surface area (Å²) in [5.74, 6) is 0.718. The SMILES string of the molecule is COc1cc(/C=C2\SC(=Nc3ccccc3OC)NC2=O)c(Br)cc1O. The lowest BCUT2D eigenvalue weighted by atomic mass is 10.2. The highest BCUT2D eigenvalue weighted by Crippen LogP contribution is 2.36. The van der Waals surface area contributed by atoms with Crippen LogP contribution in [-0.2, 0) is 4.79 Å². The van der Waals surface area contributed by atoms with Gasteiger partial charge >= 0.3 is 0 Å². The Morgan fingerprint density at radius 1 is 1.19 bits per heavy atom. The zero-order valence-corrected chi connectivity index (χ0v) is 16.3. The number of aliphatic imine (C=N–C) groups is 1. The van der Waals surface area contributed by atoms with Gasteiger partial charge in [0.1, 0.15) is 11.4 Å². The lowest BCUT2D eigenvalue weighted by molar-refractivity contribution is -0.115. The van der Waals surface area contributed by atoms with Crippen molar-refractivity contribution in [3.8, 4) is 17.2 Å². The minimum Gasteiger partial charge on any atom is -0.504 e. The van der Waals surface area contributed by atoms with Crippen molar-refractivity contribution in [2.24, 2.45) is 4.99 Å². The number of amides is 1. The standard InChI is InChI=1S/C18H15BrN2O4S/c1-24-14-6-4-3-5-12(14)20-18-21-17(23)16(26-18)8-10-7-15(25-2)13(22)9-11(10)19/h3-9,22H,1-2H3,(H,20,21,23)/b16-8-. The van der Waals surface area contributed by atoms with Gasteiger partial charge in [0.25, 0.3) is 5.91 Å². The number of rotatable bonds is 4. The minimum atomic E-state index is -0.248. The molecule has 3 rings (SSSR count). The minimum absolute atomic E-state index is 0.0171. The number of halogens is 1. The second-order valence-electron chi connectivity index (χ2n) is 5.20. The average Bonchev–Trinajstić information content (AvgIpc) is 2.97. The zero-order valence-electron chi connectivity index (χ0n) is 13.9. The summed E-state index contributed by atoms with van der Waals surface area (Å²) in [7, 11) is 3.04. The molecule has 2 aromatic carbocycles. The van der Waals surface area contributed by atoms with Crippen molar-refractivity contribution >= 4 is 50.5 Å². The Morgan fingerprint density at radius 2 is 1.92 bits per heavy atom. The number of phenolic OH excluding ortho intramolecular Hbond substituents is 1. The second-order valence-corrected chi connectivity index (χ2v) is 7.08. The molecule has 0 bridgehead atoms. The van der Waals surface area contributed by atoms with Crippen LogP contribution in [0.25, 0.3) is 6.08 Å². The normalized spacial score (nSPS) is 16.8. The van der Waals surface area contributed by atoms with Gasteiger partial charge in [0.15, 0.2) is 16.7 Å². The second kappa shape index (κ2) is 7.84. The number of thioether (sulfide) groups is 1. The summed E-state index contributed by atoms with van der Waals surface area (Å²) in [5.41, 5.74) is 1.34. The summed E-state index contributed by atoms with van der Waals surface area (Å²) in [5, 5.41) is 13.0. The number of ether oxygens (including phenoxy) is 2. The van der Waals surface area contributed by atoms with Crippen LogP contribution in [0.2, 0.25) is 0 Å². The predicted molar refractivity (Wildman–Crippen MR) is 106 cm³/mol. The van der Waals surface area contributed by atoms with Crippen molar-refractivity contribution in [3.63, 3.8) is 0 Å². The maximum Gasteiger partial charge on any atom is 0.264 e. The number of amidine groups is 1. The average molecular weight is 435 g/mol. The van der Waals surface area contributed by atoms with E-state index in [1.807, 2.05) is 18.2 Å². The Balaban J connectivity index is 1.91. The van der Waals surface area contributed by atoms with E-state index in [0.717, 1.165) is 0 Å². The van der Waals surface area contributed by atoms with Gasteiger partial charge in [0.05, 0.1) is 19.1 Å². The topological polar surface area (TPSA) is 80.2 Å². The van der Waals surface area contributed by atoms with Gasteiger partial charge in [-0.1, -0.05) is 28.1 Å². The third kappa shape index (κ3) is 3.86. The summed E-state index contributed by atoms with van der Waals surface area (Å²) >= 11 is 4.60. The van der Waals surface area contributed by atoms with Crippen molar-refractivity contribution in [1.29, 1.82) is 0 Å². The van der Waals surface area contributed by atoms with Crippen molar-refractivity contribution in [3.05, 3.63) is 51.3 Å². The zero-order chi connectivity index (χ0) is 18.7. The van der Waals surface area contributed by atoms with E-state index in [1.165, 1.54) is 24.9 Å². The van der Waals surface area contributed by atoms with Gasteiger partial charge in [-0.2, -0.15) is 0 Å². The highest BCUT2D eigenvalue weighted by molar-refractivity contribution is 9.10. The van der Waals surface area contributed by atoms with Crippen LogP contribution in [0.3, 0.4) is 0 Å². The van der Waals surface area contributed by atoms with Crippen LogP contribution in [0, 0.1) is 0 Å². The Labute approximate surface area is 163 Å². The molecule has 26 heavy (non-hydrogen) atoms. The number of benzene rings is 2. The fourth-order valence-electron chi connectivity index (χ4n) is 2.29. The molecule has 0 spiro atoms. The largest absolute Gasteiger partial charge is 0.504 e. The molecule has 0 saturated carbocycles. The van der Waals surface area contributed by atoms with Crippen LogP contribution in [-0.4, -0.2) is 30.4 Å². The van der Waals surface area contributed by atoms with Crippen molar-refractivity contribution < 1.29 is 19.4 Å². The smallest absolute Gasteiger partial charge is 0.264 e. The number of carbonyl (C=O) groups is 1. The molecular weight excluding hydrogens is 420 g/mol. The number of methoxy groups -OCH3 is 2. The number of hydrogen-bond donors (Lipinski definition) is 2. The Hall–Kier alpha value is -2.45. The monoisotopic (exact) mass is 434 g/mol. The molecule has 0 unspecified atom stereocenters. The molecule has 1 saturated heterocycles. The van der Waals surface area contributed by atoms with Crippen LogP contribution >= 0.6 is 27.7 Å². The molecule has 2 N–H and O–H groups in total. The number of nitrogens with zero attached hydrogens (tertiary/aromatic N) is 1. The summed E-state index contributed by atoms with van der Waals surface area (Å²) in [6.07, 6.45) is 1.71. The maximum atomic E-state index is 12.3. The molecule has 6 nitrogen and oxygen atoms in total. The third-order valence-corrected chi connectivity index (χ3v) is 5.14. The molecule has 0 atom stereocenters. The van der Waals surface area contributed by atoms with Crippen LogP contribution in [0.5, 0.6) is 17.2 Å². The number of phenols is 1. The Kier molecular flexibility index (Phi) is 5.53. The van der Waals surface area contributed by atoms with Gasteiger partial charge in [0, 0.05) is 4.47 Å². The van der Waals surface area contributed by atoms with Gasteiger partial charge in [-0.05, 0) is 47.7 Å². The summed E-state index contributed by atoms with van der Waals surface area (Å²) in [4.78, 5) is 17.2. The lowest BCUT2D eigenvalue weighted by Gasteiger charge is -2.06. The predicted octanol–water partition coefficient (Wildman–Crippen LogP) is 4.06. The number of hydrogen-bond acceptors (Lipinski definition) is 6. The van der Waals surface area contributed by atoms with Crippen LogP contribution in [0.1, 0.15) is 5.56 Å². The highest BCUT2D eigenvalue weighted by Gasteiger charge is 2.24. The van der Waals surface area contributed by atoms with E-state index >= 15 is 0 Å². The van der Waals surface area contributed by atoms with E-state index in [9.17, 15) is 9.90 Å². The molecule has 134 valence electrons. The lowest BCUT2D eigenvalue weighted by Crippen LogP contribution is -2.19. The first-order valence-corrected chi connectivity index (χ1v) is 9.12. The maximum absolute atomic E-state index is 12.3. The van der Waals surface area contributed by atoms with E-state index in [2.05, 4.69) is 26.2 Å². The Bertz CT molecular complexity index is 927. The quantitative estimate of drug-likeness (QED) is 0.709. The van der Waals surface area contributed by atoms with Crippen LogP contribution in [0.15, 0.2) is 50.8 Å². The molecule has 1 amide bonds. The molecule has 1 heterocycles. The van der Waals surface area contributed by atoms with E-state index in [4.69, 9.17) is 9.47 Å². The van der Waals surface area contributed by atoms with E-state index in [0.29, 0.717) is 37.3 Å². The van der Waals surface area contributed by atoms with Crippen molar-refractivity contribution in [1.82, 2.24) is 5.32 Å². The first-order chi connectivity index (χ1) is 12.5. The number of aromatic hydroxyl groups is 1. The van der Waals surface area contributed by atoms with Crippen LogP contribution < -0.4 is 14.8 Å². The van der Waals surface area contributed by atoms with Crippen molar-refractivity contribution in [2.75, 3.05) is 14.2 Å². The molecule has 2 aromatic rings. The molecule has 0 aromatic heterocycles. The van der Waals surface area contributed by atoms with Gasteiger partial charge in [-0.25, -0.2) is 4.99 Å². The molecule has 1 fully saturated rings. The fourth-order valence-corrected chi connectivity index (χ4v) is 3.56. The van der Waals surface area contributed by atoms with Crippen LogP contribution in [0.4, 0.5) is 5.69 Å². The van der Waals surface area contributed by atoms with Gasteiger partial charge in [0.2, 0.25) is 0 Å².